The van der Waals surface area contributed by atoms with Gasteiger partial charge in [0.2, 0.25) is 5.91 Å². The van der Waals surface area contributed by atoms with E-state index in [1.165, 1.54) is 12.6 Å². The van der Waals surface area contributed by atoms with Crippen LogP contribution in [-0.2, 0) is 17.8 Å². The van der Waals surface area contributed by atoms with Gasteiger partial charge in [-0.1, -0.05) is 36.4 Å². The SMILES string of the molecule is O=C(NC(Cc1ccccc1)C(=O)NCc1ccc(-n2cncn2)nc1)c1ccco1. The van der Waals surface area contributed by atoms with Gasteiger partial charge in [0, 0.05) is 19.2 Å². The Morgan fingerprint density at radius 2 is 1.90 bits per heavy atom. The number of furan rings is 1. The van der Waals surface area contributed by atoms with E-state index in [1.54, 1.807) is 35.4 Å². The lowest BCUT2D eigenvalue weighted by Crippen LogP contribution is -2.47. The second-order valence-electron chi connectivity index (χ2n) is 6.78. The smallest absolute Gasteiger partial charge is 0.287 e. The molecule has 9 nitrogen and oxygen atoms in total. The summed E-state index contributed by atoms with van der Waals surface area (Å²) in [5, 5.41) is 9.65. The molecule has 0 aliphatic carbocycles. The maximum Gasteiger partial charge on any atom is 0.287 e. The van der Waals surface area contributed by atoms with Crippen molar-refractivity contribution < 1.29 is 14.0 Å². The first-order valence-corrected chi connectivity index (χ1v) is 9.65. The highest BCUT2D eigenvalue weighted by Crippen LogP contribution is 2.08. The van der Waals surface area contributed by atoms with Crippen molar-refractivity contribution in [3.8, 4) is 5.82 Å². The largest absolute Gasteiger partial charge is 0.459 e. The van der Waals surface area contributed by atoms with E-state index in [0.717, 1.165) is 11.1 Å². The predicted octanol–water partition coefficient (Wildman–Crippen LogP) is 1.91. The number of aromatic nitrogens is 4. The van der Waals surface area contributed by atoms with E-state index in [2.05, 4.69) is 25.7 Å². The quantitative estimate of drug-likeness (QED) is 0.453. The van der Waals surface area contributed by atoms with Crippen LogP contribution in [0.2, 0.25) is 0 Å². The van der Waals surface area contributed by atoms with Gasteiger partial charge in [0.25, 0.3) is 5.91 Å². The fourth-order valence-corrected chi connectivity index (χ4v) is 2.99. The second kappa shape index (κ2) is 9.49. The first-order valence-electron chi connectivity index (χ1n) is 9.65. The van der Waals surface area contributed by atoms with E-state index in [0.29, 0.717) is 12.2 Å². The topological polar surface area (TPSA) is 115 Å². The van der Waals surface area contributed by atoms with Crippen LogP contribution in [0.25, 0.3) is 5.82 Å². The van der Waals surface area contributed by atoms with Crippen LogP contribution in [-0.4, -0.2) is 37.6 Å². The average Bonchev–Trinajstić information content (AvgIpc) is 3.53. The summed E-state index contributed by atoms with van der Waals surface area (Å²) in [5.41, 5.74) is 1.74. The number of carbonyl (C=O) groups excluding carboxylic acids is 2. The number of pyridine rings is 1. The lowest BCUT2D eigenvalue weighted by atomic mass is 10.0. The molecule has 0 fully saturated rings. The molecule has 4 rings (SSSR count). The summed E-state index contributed by atoms with van der Waals surface area (Å²) in [7, 11) is 0. The normalized spacial score (nSPS) is 11.6. The van der Waals surface area contributed by atoms with Gasteiger partial charge in [0.05, 0.1) is 6.26 Å². The highest BCUT2D eigenvalue weighted by molar-refractivity contribution is 5.95. The molecule has 9 heteroatoms. The van der Waals surface area contributed by atoms with Gasteiger partial charge >= 0.3 is 0 Å². The maximum atomic E-state index is 12.9. The first-order chi connectivity index (χ1) is 15.2. The Morgan fingerprint density at radius 1 is 1.03 bits per heavy atom. The zero-order valence-electron chi connectivity index (χ0n) is 16.5. The lowest BCUT2D eigenvalue weighted by Gasteiger charge is -2.18. The van der Waals surface area contributed by atoms with Gasteiger partial charge in [0.15, 0.2) is 11.6 Å². The Balaban J connectivity index is 1.41. The number of hydrogen-bond acceptors (Lipinski definition) is 6. The van der Waals surface area contributed by atoms with Gasteiger partial charge in [-0.25, -0.2) is 14.6 Å². The number of amides is 2. The highest BCUT2D eigenvalue weighted by Gasteiger charge is 2.23. The number of hydrogen-bond donors (Lipinski definition) is 2. The van der Waals surface area contributed by atoms with Crippen LogP contribution < -0.4 is 10.6 Å². The molecule has 2 N–H and O–H groups in total. The van der Waals surface area contributed by atoms with Crippen LogP contribution in [0.15, 0.2) is 84.1 Å². The molecule has 3 heterocycles. The number of nitrogens with zero attached hydrogens (tertiary/aromatic N) is 4. The zero-order valence-corrected chi connectivity index (χ0v) is 16.5. The minimum absolute atomic E-state index is 0.152. The maximum absolute atomic E-state index is 12.9. The summed E-state index contributed by atoms with van der Waals surface area (Å²) in [6.45, 7) is 0.269. The minimum atomic E-state index is -0.762. The molecule has 0 bridgehead atoms. The summed E-state index contributed by atoms with van der Waals surface area (Å²) in [5.74, 6) is 0.0306. The van der Waals surface area contributed by atoms with Gasteiger partial charge in [-0.3, -0.25) is 9.59 Å². The Hall–Kier alpha value is -4.27. The molecule has 156 valence electrons. The van der Waals surface area contributed by atoms with Crippen molar-refractivity contribution in [1.29, 1.82) is 0 Å². The van der Waals surface area contributed by atoms with Crippen LogP contribution in [0.4, 0.5) is 0 Å². The number of benzene rings is 1. The molecule has 0 saturated carbocycles. The molecule has 0 radical (unpaired) electrons. The molecule has 31 heavy (non-hydrogen) atoms. The standard InChI is InChI=1S/C22H20N6O3/c29-21(25-13-17-8-9-20(24-12-17)28-15-23-14-26-28)18(11-16-5-2-1-3-6-16)27-22(30)19-7-4-10-31-19/h1-10,12,14-15,18H,11,13H2,(H,25,29)(H,27,30). The summed E-state index contributed by atoms with van der Waals surface area (Å²) in [6.07, 6.45) is 6.41. The number of nitrogens with one attached hydrogen (secondary N) is 2. The third-order valence-electron chi connectivity index (χ3n) is 4.58. The van der Waals surface area contributed by atoms with Crippen molar-refractivity contribution >= 4 is 11.8 Å². The van der Waals surface area contributed by atoms with Gasteiger partial charge in [-0.2, -0.15) is 5.10 Å². The van der Waals surface area contributed by atoms with Crippen molar-refractivity contribution in [3.05, 3.63) is 96.6 Å². The van der Waals surface area contributed by atoms with Crippen LogP contribution in [0.1, 0.15) is 21.7 Å². The first kappa shape index (κ1) is 20.0. The van der Waals surface area contributed by atoms with Crippen molar-refractivity contribution in [1.82, 2.24) is 30.4 Å². The summed E-state index contributed by atoms with van der Waals surface area (Å²) >= 11 is 0. The monoisotopic (exact) mass is 416 g/mol. The fraction of sp³-hybridized carbons (Fsp3) is 0.136. The summed E-state index contributed by atoms with van der Waals surface area (Å²) in [6, 6.07) is 15.5. The summed E-state index contributed by atoms with van der Waals surface area (Å²) in [4.78, 5) is 33.5. The Bertz CT molecular complexity index is 1110. The van der Waals surface area contributed by atoms with Crippen molar-refractivity contribution in [2.45, 2.75) is 19.0 Å². The number of carbonyl (C=O) groups is 2. The van der Waals surface area contributed by atoms with E-state index in [4.69, 9.17) is 4.42 Å². The highest BCUT2D eigenvalue weighted by atomic mass is 16.3. The van der Waals surface area contributed by atoms with Crippen LogP contribution in [0.5, 0.6) is 0 Å². The van der Waals surface area contributed by atoms with Crippen LogP contribution in [0.3, 0.4) is 0 Å². The summed E-state index contributed by atoms with van der Waals surface area (Å²) < 4.78 is 6.68. The molecule has 2 amide bonds. The Labute approximate surface area is 178 Å². The van der Waals surface area contributed by atoms with Crippen molar-refractivity contribution in [2.24, 2.45) is 0 Å². The molecule has 1 aromatic carbocycles. The lowest BCUT2D eigenvalue weighted by molar-refractivity contribution is -0.123. The molecule has 0 saturated heterocycles. The van der Waals surface area contributed by atoms with E-state index < -0.39 is 11.9 Å². The predicted molar refractivity (Wildman–Crippen MR) is 111 cm³/mol. The van der Waals surface area contributed by atoms with Crippen molar-refractivity contribution in [2.75, 3.05) is 0 Å². The van der Waals surface area contributed by atoms with Gasteiger partial charge < -0.3 is 15.1 Å². The molecular weight excluding hydrogens is 396 g/mol. The molecule has 0 aliphatic rings. The van der Waals surface area contributed by atoms with E-state index in [-0.39, 0.29) is 18.2 Å². The molecule has 0 spiro atoms. The molecular formula is C22H20N6O3. The molecule has 0 aliphatic heterocycles. The third-order valence-corrected chi connectivity index (χ3v) is 4.58. The minimum Gasteiger partial charge on any atom is -0.459 e. The fourth-order valence-electron chi connectivity index (χ4n) is 2.99. The molecule has 1 atom stereocenters. The van der Waals surface area contributed by atoms with Gasteiger partial charge in [-0.05, 0) is 29.3 Å². The van der Waals surface area contributed by atoms with E-state index in [1.807, 2.05) is 36.4 Å². The molecule has 3 aromatic heterocycles. The molecule has 4 aromatic rings. The Kier molecular flexibility index (Phi) is 6.13. The van der Waals surface area contributed by atoms with Crippen molar-refractivity contribution in [3.63, 3.8) is 0 Å². The van der Waals surface area contributed by atoms with E-state index in [9.17, 15) is 9.59 Å². The van der Waals surface area contributed by atoms with Gasteiger partial charge in [-0.15, -0.1) is 0 Å². The average molecular weight is 416 g/mol. The molecule has 1 unspecified atom stereocenters. The van der Waals surface area contributed by atoms with Gasteiger partial charge in [0.1, 0.15) is 18.7 Å². The van der Waals surface area contributed by atoms with E-state index >= 15 is 0 Å². The second-order valence-corrected chi connectivity index (χ2v) is 6.78. The van der Waals surface area contributed by atoms with Crippen LogP contribution >= 0.6 is 0 Å². The Morgan fingerprint density at radius 3 is 2.58 bits per heavy atom. The third kappa shape index (κ3) is 5.21. The van der Waals surface area contributed by atoms with Crippen LogP contribution in [0, 0.1) is 0 Å². The number of rotatable bonds is 8. The zero-order chi connectivity index (χ0) is 21.5.